The normalized spacial score (nSPS) is 21.3. The molecule has 2 aliphatic heterocycles. The number of nitrogens with zero attached hydrogens (tertiary/aromatic N) is 2. The number of carbonyl (C=O) groups is 2. The second kappa shape index (κ2) is 7.51. The van der Waals surface area contributed by atoms with Gasteiger partial charge in [0.2, 0.25) is 0 Å². The number of anilines is 1. The minimum absolute atomic E-state index is 0.0855. The summed E-state index contributed by atoms with van der Waals surface area (Å²) in [5.74, 6) is 0.276. The summed E-state index contributed by atoms with van der Waals surface area (Å²) in [5.41, 5.74) is 1.13. The van der Waals surface area contributed by atoms with Crippen LogP contribution in [0.1, 0.15) is 17.3 Å². The summed E-state index contributed by atoms with van der Waals surface area (Å²) < 4.78 is 11.0. The van der Waals surface area contributed by atoms with E-state index in [-0.39, 0.29) is 17.6 Å². The number of ketones is 1. The average Bonchev–Trinajstić information content (AvgIpc) is 2.62. The lowest BCUT2D eigenvalue weighted by Crippen LogP contribution is -2.48. The van der Waals surface area contributed by atoms with E-state index in [1.165, 1.54) is 0 Å². The standard InChI is InChI=1S/C17H21ClN2O4/c1-12-17(22)20(5-4-19-6-8-23-9-7-19)14-10-13(15(21)11-18)2-3-16(14)24-12/h2-3,10,12H,4-9,11H2,1H3. The van der Waals surface area contributed by atoms with Crippen LogP contribution in [0, 0.1) is 0 Å². The minimum atomic E-state index is -0.531. The molecule has 3 rings (SSSR count). The van der Waals surface area contributed by atoms with Crippen LogP contribution in [0.4, 0.5) is 5.69 Å². The molecule has 0 aromatic heterocycles. The number of halogens is 1. The molecule has 1 atom stereocenters. The van der Waals surface area contributed by atoms with Gasteiger partial charge in [0.15, 0.2) is 11.9 Å². The Morgan fingerprint density at radius 2 is 2.04 bits per heavy atom. The summed E-state index contributed by atoms with van der Waals surface area (Å²) >= 11 is 5.64. The molecule has 130 valence electrons. The third-order valence-corrected chi connectivity index (χ3v) is 4.60. The van der Waals surface area contributed by atoms with Crippen molar-refractivity contribution in [2.45, 2.75) is 13.0 Å². The van der Waals surface area contributed by atoms with Crippen molar-refractivity contribution >= 4 is 29.0 Å². The van der Waals surface area contributed by atoms with E-state index < -0.39 is 6.10 Å². The lowest BCUT2D eigenvalue weighted by atomic mass is 10.1. The summed E-state index contributed by atoms with van der Waals surface area (Å²) in [6.07, 6.45) is -0.531. The number of hydrogen-bond acceptors (Lipinski definition) is 5. The number of benzene rings is 1. The Bertz CT molecular complexity index is 631. The molecule has 2 heterocycles. The Labute approximate surface area is 146 Å². The Kier molecular flexibility index (Phi) is 5.38. The topological polar surface area (TPSA) is 59.1 Å². The SMILES string of the molecule is CC1Oc2ccc(C(=O)CCl)cc2N(CCN2CCOCC2)C1=O. The number of carbonyl (C=O) groups excluding carboxylic acids is 2. The number of alkyl halides is 1. The summed E-state index contributed by atoms with van der Waals surface area (Å²) in [6.45, 7) is 6.23. The van der Waals surface area contributed by atoms with Gasteiger partial charge in [-0.25, -0.2) is 0 Å². The molecular formula is C17H21ClN2O4. The van der Waals surface area contributed by atoms with E-state index in [4.69, 9.17) is 21.1 Å². The van der Waals surface area contributed by atoms with E-state index in [2.05, 4.69) is 4.90 Å². The first kappa shape index (κ1) is 17.2. The van der Waals surface area contributed by atoms with Crippen molar-refractivity contribution in [2.75, 3.05) is 50.2 Å². The molecule has 0 spiro atoms. The molecule has 0 saturated carbocycles. The molecule has 1 amide bonds. The highest BCUT2D eigenvalue weighted by atomic mass is 35.5. The third kappa shape index (κ3) is 3.55. The fraction of sp³-hybridized carbons (Fsp3) is 0.529. The molecule has 2 aliphatic rings. The molecule has 1 aromatic rings. The molecule has 1 aromatic carbocycles. The highest BCUT2D eigenvalue weighted by Gasteiger charge is 2.32. The first-order chi connectivity index (χ1) is 11.6. The van der Waals surface area contributed by atoms with E-state index in [9.17, 15) is 9.59 Å². The Hall–Kier alpha value is -1.63. The highest BCUT2D eigenvalue weighted by molar-refractivity contribution is 6.30. The average molecular weight is 353 g/mol. The lowest BCUT2D eigenvalue weighted by molar-refractivity contribution is -0.125. The second-order valence-corrected chi connectivity index (χ2v) is 6.21. The zero-order valence-corrected chi connectivity index (χ0v) is 14.4. The zero-order valence-electron chi connectivity index (χ0n) is 13.7. The van der Waals surface area contributed by atoms with Gasteiger partial charge >= 0.3 is 0 Å². The Morgan fingerprint density at radius 1 is 1.29 bits per heavy atom. The van der Waals surface area contributed by atoms with Gasteiger partial charge in [0, 0.05) is 31.7 Å². The number of rotatable bonds is 5. The summed E-state index contributed by atoms with van der Waals surface area (Å²) in [4.78, 5) is 28.4. The molecule has 1 unspecified atom stereocenters. The van der Waals surface area contributed by atoms with Crippen LogP contribution in [0.2, 0.25) is 0 Å². The molecule has 24 heavy (non-hydrogen) atoms. The van der Waals surface area contributed by atoms with Gasteiger partial charge in [-0.3, -0.25) is 14.5 Å². The number of ether oxygens (including phenoxy) is 2. The number of amides is 1. The molecule has 1 fully saturated rings. The molecule has 1 saturated heterocycles. The van der Waals surface area contributed by atoms with Gasteiger partial charge in [0.05, 0.1) is 24.8 Å². The third-order valence-electron chi connectivity index (χ3n) is 4.35. The highest BCUT2D eigenvalue weighted by Crippen LogP contribution is 2.35. The van der Waals surface area contributed by atoms with Gasteiger partial charge in [-0.2, -0.15) is 0 Å². The predicted molar refractivity (Wildman–Crippen MR) is 91.2 cm³/mol. The summed E-state index contributed by atoms with van der Waals surface area (Å²) in [7, 11) is 0. The fourth-order valence-electron chi connectivity index (χ4n) is 2.95. The van der Waals surface area contributed by atoms with Crippen molar-refractivity contribution in [1.29, 1.82) is 0 Å². The first-order valence-corrected chi connectivity index (χ1v) is 8.65. The van der Waals surface area contributed by atoms with Gasteiger partial charge in [-0.1, -0.05) is 0 Å². The lowest BCUT2D eigenvalue weighted by Gasteiger charge is -2.35. The number of fused-ring (bicyclic) bond motifs is 1. The van der Waals surface area contributed by atoms with Crippen LogP contribution < -0.4 is 9.64 Å². The predicted octanol–water partition coefficient (Wildman–Crippen LogP) is 1.55. The maximum Gasteiger partial charge on any atom is 0.267 e. The maximum absolute atomic E-state index is 12.6. The van der Waals surface area contributed by atoms with Crippen LogP contribution in [0.15, 0.2) is 18.2 Å². The fourth-order valence-corrected chi connectivity index (χ4v) is 3.11. The number of hydrogen-bond donors (Lipinski definition) is 0. The minimum Gasteiger partial charge on any atom is -0.479 e. The molecule has 7 heteroatoms. The van der Waals surface area contributed by atoms with Gasteiger partial charge < -0.3 is 14.4 Å². The van der Waals surface area contributed by atoms with Crippen molar-refractivity contribution in [1.82, 2.24) is 4.90 Å². The summed E-state index contributed by atoms with van der Waals surface area (Å²) in [5, 5.41) is 0. The van der Waals surface area contributed by atoms with Crippen molar-refractivity contribution in [3.8, 4) is 5.75 Å². The van der Waals surface area contributed by atoms with E-state index in [1.807, 2.05) is 0 Å². The molecule has 0 bridgehead atoms. The summed E-state index contributed by atoms with van der Waals surface area (Å²) in [6, 6.07) is 5.12. The van der Waals surface area contributed by atoms with Crippen molar-refractivity contribution < 1.29 is 19.1 Å². The largest absolute Gasteiger partial charge is 0.479 e. The maximum atomic E-state index is 12.6. The zero-order chi connectivity index (χ0) is 17.1. The van der Waals surface area contributed by atoms with Crippen molar-refractivity contribution in [3.63, 3.8) is 0 Å². The smallest absolute Gasteiger partial charge is 0.267 e. The molecule has 0 N–H and O–H groups in total. The van der Waals surface area contributed by atoms with E-state index in [0.717, 1.165) is 32.8 Å². The number of Topliss-reactive ketones (excluding diaryl/α,β-unsaturated/α-hetero) is 1. The van der Waals surface area contributed by atoms with Crippen LogP contribution in [-0.2, 0) is 9.53 Å². The van der Waals surface area contributed by atoms with Crippen LogP contribution >= 0.6 is 11.6 Å². The molecular weight excluding hydrogens is 332 g/mol. The monoisotopic (exact) mass is 352 g/mol. The quantitative estimate of drug-likeness (QED) is 0.594. The molecule has 0 aliphatic carbocycles. The van der Waals surface area contributed by atoms with Gasteiger partial charge in [-0.05, 0) is 25.1 Å². The van der Waals surface area contributed by atoms with E-state index >= 15 is 0 Å². The number of morpholine rings is 1. The van der Waals surface area contributed by atoms with Crippen LogP contribution in [0.25, 0.3) is 0 Å². The van der Waals surface area contributed by atoms with Crippen LogP contribution in [-0.4, -0.2) is 68.0 Å². The van der Waals surface area contributed by atoms with Gasteiger partial charge in [-0.15, -0.1) is 11.6 Å². The Balaban J connectivity index is 1.81. The Morgan fingerprint density at radius 3 is 2.75 bits per heavy atom. The first-order valence-electron chi connectivity index (χ1n) is 8.11. The van der Waals surface area contributed by atoms with Crippen molar-refractivity contribution in [2.24, 2.45) is 0 Å². The van der Waals surface area contributed by atoms with Crippen LogP contribution in [0.3, 0.4) is 0 Å². The van der Waals surface area contributed by atoms with E-state index in [0.29, 0.717) is 23.5 Å². The second-order valence-electron chi connectivity index (χ2n) is 5.94. The van der Waals surface area contributed by atoms with Crippen LogP contribution in [0.5, 0.6) is 5.75 Å². The van der Waals surface area contributed by atoms with E-state index in [1.54, 1.807) is 30.0 Å². The van der Waals surface area contributed by atoms with Gasteiger partial charge in [0.25, 0.3) is 5.91 Å². The molecule has 0 radical (unpaired) electrons. The van der Waals surface area contributed by atoms with Gasteiger partial charge in [0.1, 0.15) is 5.75 Å². The van der Waals surface area contributed by atoms with Crippen molar-refractivity contribution in [3.05, 3.63) is 23.8 Å². The molecule has 6 nitrogen and oxygen atoms in total.